The van der Waals surface area contributed by atoms with Crippen molar-refractivity contribution in [3.05, 3.63) is 119 Å². The fourth-order valence-corrected chi connectivity index (χ4v) is 3.57. The zero-order valence-corrected chi connectivity index (χ0v) is 26.9. The van der Waals surface area contributed by atoms with Gasteiger partial charge in [0.05, 0.1) is 22.7 Å². The summed E-state index contributed by atoms with van der Waals surface area (Å²) in [5, 5.41) is 0. The average molecular weight is 611 g/mol. The van der Waals surface area contributed by atoms with Gasteiger partial charge in [0.2, 0.25) is 0 Å². The minimum absolute atomic E-state index is 0.653. The van der Waals surface area contributed by atoms with Crippen LogP contribution in [-0.4, -0.2) is 0 Å². The first kappa shape index (κ1) is 37.1. The van der Waals surface area contributed by atoms with Crippen molar-refractivity contribution in [2.45, 2.75) is 34.6 Å². The van der Waals surface area contributed by atoms with Crippen LogP contribution in [0.15, 0.2) is 91.0 Å². The largest absolute Gasteiger partial charge is 0.399 e. The Hall–Kier alpha value is -5.90. The number of hydrogen-bond donors (Lipinski definition) is 10. The van der Waals surface area contributed by atoms with Gasteiger partial charge in [0.1, 0.15) is 0 Å². The maximum absolute atomic E-state index is 5.56. The van der Waals surface area contributed by atoms with Crippen molar-refractivity contribution in [2.75, 3.05) is 57.3 Å². The summed E-state index contributed by atoms with van der Waals surface area (Å²) in [4.78, 5) is 0. The highest BCUT2D eigenvalue weighted by molar-refractivity contribution is 5.66. The van der Waals surface area contributed by atoms with E-state index in [-0.39, 0.29) is 0 Å². The highest BCUT2D eigenvalue weighted by Crippen LogP contribution is 2.18. The third-order valence-electron chi connectivity index (χ3n) is 6.44. The first-order valence-corrected chi connectivity index (χ1v) is 14.1. The lowest BCUT2D eigenvalue weighted by molar-refractivity contribution is 1.47. The first-order valence-electron chi connectivity index (χ1n) is 14.1. The number of nitrogens with two attached hydrogens (primary N) is 10. The Balaban J connectivity index is 0.000000281. The van der Waals surface area contributed by atoms with Gasteiger partial charge in [-0.3, -0.25) is 0 Å². The number of benzene rings is 5. The Bertz CT molecular complexity index is 1480. The normalized spacial score (nSPS) is 9.44. The second-order valence-electron chi connectivity index (χ2n) is 10.6. The smallest absolute Gasteiger partial charge is 0.0577 e. The first-order chi connectivity index (χ1) is 21.0. The molecule has 0 aromatic heterocycles. The molecule has 20 N–H and O–H groups in total. The van der Waals surface area contributed by atoms with Crippen LogP contribution < -0.4 is 57.3 Å². The molecule has 5 aromatic rings. The molecule has 0 spiro atoms. The quantitative estimate of drug-likeness (QED) is 0.0942. The van der Waals surface area contributed by atoms with E-state index in [0.717, 1.165) is 61.9 Å². The lowest BCUT2D eigenvalue weighted by Gasteiger charge is -2.00. The molecular weight excluding hydrogens is 560 g/mol. The van der Waals surface area contributed by atoms with Gasteiger partial charge in [-0.05, 0) is 123 Å². The van der Waals surface area contributed by atoms with E-state index in [4.69, 9.17) is 57.3 Å². The summed E-state index contributed by atoms with van der Waals surface area (Å²) in [5.41, 5.74) is 67.5. The molecule has 10 heteroatoms. The van der Waals surface area contributed by atoms with Crippen molar-refractivity contribution < 1.29 is 0 Å². The Morgan fingerprint density at radius 3 is 1.27 bits per heavy atom. The molecule has 0 unspecified atom stereocenters. The Morgan fingerprint density at radius 1 is 0.333 bits per heavy atom. The molecule has 0 atom stereocenters. The Labute approximate surface area is 267 Å². The van der Waals surface area contributed by atoms with Crippen molar-refractivity contribution >= 4 is 56.9 Å². The molecule has 0 saturated carbocycles. The molecule has 240 valence electrons. The van der Waals surface area contributed by atoms with Crippen LogP contribution in [0, 0.1) is 34.6 Å². The maximum Gasteiger partial charge on any atom is 0.0577 e. The van der Waals surface area contributed by atoms with E-state index in [2.05, 4.69) is 0 Å². The van der Waals surface area contributed by atoms with E-state index < -0.39 is 0 Å². The molecule has 0 bridgehead atoms. The molecule has 0 aliphatic heterocycles. The predicted octanol–water partition coefficient (Wildman–Crippen LogP) is 5.80. The van der Waals surface area contributed by atoms with Crippen molar-refractivity contribution in [1.82, 2.24) is 0 Å². The SMILES string of the molecule is Cc1c(N)cccc1N.Cc1cc(N)cc(N)c1.Cc1ccc(N)c(N)c1.Cc1ccc(N)cc1N.Cc1cccc(N)c1N. The van der Waals surface area contributed by atoms with Crippen LogP contribution in [0.2, 0.25) is 0 Å². The predicted molar refractivity (Wildman–Crippen MR) is 200 cm³/mol. The van der Waals surface area contributed by atoms with Crippen LogP contribution in [0.3, 0.4) is 0 Å². The van der Waals surface area contributed by atoms with Crippen molar-refractivity contribution in [3.8, 4) is 0 Å². The molecule has 10 nitrogen and oxygen atoms in total. The van der Waals surface area contributed by atoms with E-state index in [0.29, 0.717) is 22.7 Å². The average Bonchev–Trinajstić information content (AvgIpc) is 2.95. The second kappa shape index (κ2) is 17.9. The molecule has 45 heavy (non-hydrogen) atoms. The van der Waals surface area contributed by atoms with Gasteiger partial charge in [-0.15, -0.1) is 0 Å². The third-order valence-corrected chi connectivity index (χ3v) is 6.44. The molecule has 0 heterocycles. The van der Waals surface area contributed by atoms with E-state index in [9.17, 15) is 0 Å². The molecule has 0 amide bonds. The number of nitrogen functional groups attached to an aromatic ring is 10. The minimum Gasteiger partial charge on any atom is -0.399 e. The second-order valence-corrected chi connectivity index (χ2v) is 10.6. The summed E-state index contributed by atoms with van der Waals surface area (Å²) in [6.07, 6.45) is 0. The lowest BCUT2D eigenvalue weighted by Crippen LogP contribution is -1.95. The van der Waals surface area contributed by atoms with E-state index >= 15 is 0 Å². The number of anilines is 10. The molecule has 0 aliphatic rings. The Kier molecular flexibility index (Phi) is 14.8. The van der Waals surface area contributed by atoms with Crippen molar-refractivity contribution in [2.24, 2.45) is 0 Å². The van der Waals surface area contributed by atoms with E-state index in [1.165, 1.54) is 0 Å². The summed E-state index contributed by atoms with van der Waals surface area (Å²) in [5.74, 6) is 0. The highest BCUT2D eigenvalue weighted by atomic mass is 14.7. The number of aryl methyl sites for hydroxylation is 4. The molecular formula is C35H50N10. The van der Waals surface area contributed by atoms with Crippen molar-refractivity contribution in [1.29, 1.82) is 0 Å². The van der Waals surface area contributed by atoms with Gasteiger partial charge in [0.25, 0.3) is 0 Å². The molecule has 0 fully saturated rings. The molecule has 5 aromatic carbocycles. The maximum atomic E-state index is 5.56. The lowest BCUT2D eigenvalue weighted by atomic mass is 10.2. The summed E-state index contributed by atoms with van der Waals surface area (Å²) >= 11 is 0. The number of rotatable bonds is 0. The monoisotopic (exact) mass is 610 g/mol. The topological polar surface area (TPSA) is 260 Å². The summed E-state index contributed by atoms with van der Waals surface area (Å²) in [6.45, 7) is 9.74. The van der Waals surface area contributed by atoms with Crippen LogP contribution in [0.5, 0.6) is 0 Å². The molecule has 0 radical (unpaired) electrons. The van der Waals surface area contributed by atoms with Gasteiger partial charge in [0, 0.05) is 34.1 Å². The standard InChI is InChI=1S/5C7H10N2/c1-5-2-6(8)4-7(9)3-5;1-5-2-3-6(8)4-7(5)9;1-5-2-3-6(8)7(9)4-5;1-5-6(8)3-2-4-7(5)9;1-5-3-2-4-6(8)7(5)9/h5*2-4H,8-9H2,1H3. The summed E-state index contributed by atoms with van der Waals surface area (Å²) < 4.78 is 0. The van der Waals surface area contributed by atoms with Gasteiger partial charge in [0.15, 0.2) is 0 Å². The van der Waals surface area contributed by atoms with Crippen LogP contribution >= 0.6 is 0 Å². The third kappa shape index (κ3) is 13.7. The number of para-hydroxylation sites is 1. The summed E-state index contributed by atoms with van der Waals surface area (Å²) in [6, 6.07) is 27.8. The van der Waals surface area contributed by atoms with Gasteiger partial charge in [-0.25, -0.2) is 0 Å². The molecule has 0 saturated heterocycles. The van der Waals surface area contributed by atoms with Gasteiger partial charge >= 0.3 is 0 Å². The molecule has 0 aliphatic carbocycles. The minimum atomic E-state index is 0.653. The number of hydrogen-bond acceptors (Lipinski definition) is 10. The van der Waals surface area contributed by atoms with E-state index in [1.54, 1.807) is 18.2 Å². The van der Waals surface area contributed by atoms with Crippen LogP contribution in [0.1, 0.15) is 27.8 Å². The zero-order valence-electron chi connectivity index (χ0n) is 26.9. The van der Waals surface area contributed by atoms with Crippen LogP contribution in [-0.2, 0) is 0 Å². The fraction of sp³-hybridized carbons (Fsp3) is 0.143. The zero-order chi connectivity index (χ0) is 34.3. The highest BCUT2D eigenvalue weighted by Gasteiger charge is 1.95. The molecule has 5 rings (SSSR count). The Morgan fingerprint density at radius 2 is 0.867 bits per heavy atom. The van der Waals surface area contributed by atoms with E-state index in [1.807, 2.05) is 107 Å². The summed E-state index contributed by atoms with van der Waals surface area (Å²) in [7, 11) is 0. The van der Waals surface area contributed by atoms with Crippen LogP contribution in [0.4, 0.5) is 56.9 Å². The van der Waals surface area contributed by atoms with Gasteiger partial charge in [-0.2, -0.15) is 0 Å². The fourth-order valence-electron chi connectivity index (χ4n) is 3.57. The van der Waals surface area contributed by atoms with Crippen molar-refractivity contribution in [3.63, 3.8) is 0 Å². The van der Waals surface area contributed by atoms with Gasteiger partial charge < -0.3 is 57.3 Å². The van der Waals surface area contributed by atoms with Crippen LogP contribution in [0.25, 0.3) is 0 Å². The van der Waals surface area contributed by atoms with Gasteiger partial charge in [-0.1, -0.05) is 30.3 Å².